The van der Waals surface area contributed by atoms with E-state index in [0.717, 1.165) is 49.3 Å². The van der Waals surface area contributed by atoms with Crippen LogP contribution in [0.25, 0.3) is 0 Å². The van der Waals surface area contributed by atoms with Crippen LogP contribution < -0.4 is 10.6 Å². The van der Waals surface area contributed by atoms with Gasteiger partial charge < -0.3 is 43.8 Å². The van der Waals surface area contributed by atoms with Crippen LogP contribution in [-0.2, 0) is 61.9 Å². The minimum absolute atomic E-state index is 0.155. The third-order valence-corrected chi connectivity index (χ3v) is 9.12. The van der Waals surface area contributed by atoms with Gasteiger partial charge in [0.1, 0.15) is 51.7 Å². The van der Waals surface area contributed by atoms with E-state index in [-0.39, 0.29) is 58.1 Å². The maximum Gasteiger partial charge on any atom is 0.407 e. The number of alkyl carbamates (subject to hydrolysis) is 1. The summed E-state index contributed by atoms with van der Waals surface area (Å²) in [5.74, 6) is -4.55. The van der Waals surface area contributed by atoms with Gasteiger partial charge >= 0.3 is 54.0 Å². The fraction of sp³-hybridized carbons (Fsp3) is 0.512. The van der Waals surface area contributed by atoms with Gasteiger partial charge in [0.25, 0.3) is 0 Å². The molecular weight excluding hydrogens is 828 g/mol. The Balaban J connectivity index is 2.44. The van der Waals surface area contributed by atoms with Crippen molar-refractivity contribution in [2.75, 3.05) is 79.0 Å². The van der Waals surface area contributed by atoms with Gasteiger partial charge in [-0.2, -0.15) is 0 Å². The Labute approximate surface area is 367 Å². The van der Waals surface area contributed by atoms with E-state index in [1.54, 1.807) is 0 Å². The molecule has 1 aliphatic rings. The number of amides is 5. The smallest absolute Gasteiger partial charge is 0.407 e. The van der Waals surface area contributed by atoms with E-state index in [1.807, 2.05) is 0 Å². The molecule has 20 nitrogen and oxygen atoms in total. The molecule has 1 heterocycles. The van der Waals surface area contributed by atoms with Gasteiger partial charge in [-0.15, -0.1) is 0 Å². The van der Waals surface area contributed by atoms with Gasteiger partial charge in [0.2, 0.25) is 0 Å². The molecule has 0 bridgehead atoms. The quantitative estimate of drug-likeness (QED) is 0.0395. The maximum absolute atomic E-state index is 12.6. The van der Waals surface area contributed by atoms with Crippen LogP contribution in [0, 0.1) is 10.8 Å². The number of rotatable bonds is 36. The third kappa shape index (κ3) is 21.7. The number of ether oxygens (including phenoxy) is 7. The summed E-state index contributed by atoms with van der Waals surface area (Å²) < 4.78 is 36.3. The Morgan fingerprint density at radius 2 is 0.730 bits per heavy atom. The van der Waals surface area contributed by atoms with Crippen molar-refractivity contribution in [1.29, 1.82) is 0 Å². The molecular formula is C43H60N4O16. The van der Waals surface area contributed by atoms with E-state index in [1.165, 1.54) is 9.80 Å². The molecule has 0 aromatic rings. The van der Waals surface area contributed by atoms with Crippen LogP contribution in [0.1, 0.15) is 51.4 Å². The molecule has 348 valence electrons. The Morgan fingerprint density at radius 3 is 1.08 bits per heavy atom. The normalized spacial score (nSPS) is 12.1. The molecule has 2 N–H and O–H groups in total. The fourth-order valence-electron chi connectivity index (χ4n) is 5.46. The highest BCUT2D eigenvalue weighted by atomic mass is 16.6. The number of hydrogen-bond acceptors (Lipinski definition) is 17. The number of carbonyl (C=O) groups excluding carboxylic acids is 9. The summed E-state index contributed by atoms with van der Waals surface area (Å²) in [5.41, 5.74) is -2.58. The van der Waals surface area contributed by atoms with Gasteiger partial charge in [-0.1, -0.05) is 65.2 Å². The fourth-order valence-corrected chi connectivity index (χ4v) is 5.46. The van der Waals surface area contributed by atoms with Gasteiger partial charge in [0.15, 0.2) is 0 Å². The minimum Gasteiger partial charge on any atom is -0.462 e. The van der Waals surface area contributed by atoms with Crippen molar-refractivity contribution in [3.8, 4) is 0 Å². The molecule has 5 amide bonds. The third-order valence-electron chi connectivity index (χ3n) is 9.12. The summed E-state index contributed by atoms with van der Waals surface area (Å²) in [5, 5.41) is 5.81. The number of nitrogens with one attached hydrogen (secondary N) is 2. The second kappa shape index (κ2) is 30.5. The van der Waals surface area contributed by atoms with E-state index >= 15 is 0 Å². The monoisotopic (exact) mass is 888 g/mol. The van der Waals surface area contributed by atoms with Crippen molar-refractivity contribution in [3.63, 3.8) is 0 Å². The van der Waals surface area contributed by atoms with Crippen LogP contribution in [0.2, 0.25) is 0 Å². The zero-order valence-corrected chi connectivity index (χ0v) is 35.8. The first-order valence-electron chi connectivity index (χ1n) is 20.1. The van der Waals surface area contributed by atoms with Crippen molar-refractivity contribution in [1.82, 2.24) is 20.4 Å². The topological polar surface area (TPSA) is 249 Å². The lowest BCUT2D eigenvalue weighted by molar-refractivity contribution is -0.160. The molecule has 1 rings (SSSR count). The highest BCUT2D eigenvalue weighted by molar-refractivity contribution is 6.11. The van der Waals surface area contributed by atoms with Crippen molar-refractivity contribution in [3.05, 3.63) is 75.9 Å². The standard InChI is InChI=1S/C43H60N4O16/c1-7-33(48)57-26-42(27-58-34(49)8-2,28-59-35(50)9-3)25-44-21-17-13-15-19-23-46-40(55)47(41(46)56)24-20-16-14-18-22-45-39(54)63-32-43(29-60-36(51)10-4,30-61-37(52)11-5)31-62-38(53)12-6/h7-12,44H,1-6,13-32H2,(H,45,54). The van der Waals surface area contributed by atoms with Crippen molar-refractivity contribution in [2.45, 2.75) is 51.4 Å². The Morgan fingerprint density at radius 1 is 0.429 bits per heavy atom. The zero-order valence-electron chi connectivity index (χ0n) is 35.8. The van der Waals surface area contributed by atoms with Crippen molar-refractivity contribution in [2.24, 2.45) is 10.8 Å². The van der Waals surface area contributed by atoms with Crippen LogP contribution in [0.5, 0.6) is 0 Å². The summed E-state index contributed by atoms with van der Waals surface area (Å²) >= 11 is 0. The average Bonchev–Trinajstić information content (AvgIpc) is 3.30. The predicted molar refractivity (Wildman–Crippen MR) is 225 cm³/mol. The van der Waals surface area contributed by atoms with Crippen molar-refractivity contribution >= 4 is 54.0 Å². The number of imide groups is 2. The Kier molecular flexibility index (Phi) is 26.3. The second-order valence-corrected chi connectivity index (χ2v) is 14.2. The lowest BCUT2D eigenvalue weighted by Crippen LogP contribution is -2.64. The number of carbonyl (C=O) groups is 9. The summed E-state index contributed by atoms with van der Waals surface area (Å²) in [6, 6.07) is -0.717. The van der Waals surface area contributed by atoms with Gasteiger partial charge in [0.05, 0.1) is 5.41 Å². The molecule has 0 saturated carbocycles. The zero-order chi connectivity index (χ0) is 47.1. The van der Waals surface area contributed by atoms with E-state index in [0.29, 0.717) is 45.1 Å². The van der Waals surface area contributed by atoms with Gasteiger partial charge in [-0.05, 0) is 32.2 Å². The summed E-state index contributed by atoms with van der Waals surface area (Å²) in [6.45, 7) is 18.9. The SMILES string of the molecule is C=CC(=O)OCC(CNCCCCCCN1C(=O)N(CCCCCCNC(=O)OCC(COC(=O)C=C)(COC(=O)C=C)COC(=O)C=C)C1=O)(COC(=O)C=C)COC(=O)C=C. The van der Waals surface area contributed by atoms with Crippen LogP contribution in [0.15, 0.2) is 75.9 Å². The van der Waals surface area contributed by atoms with Gasteiger partial charge in [-0.25, -0.2) is 53.0 Å². The predicted octanol–water partition coefficient (Wildman–Crippen LogP) is 3.63. The summed E-state index contributed by atoms with van der Waals surface area (Å²) in [7, 11) is 0. The maximum atomic E-state index is 12.6. The van der Waals surface area contributed by atoms with E-state index in [9.17, 15) is 43.2 Å². The highest BCUT2D eigenvalue weighted by Gasteiger charge is 2.42. The number of urea groups is 2. The Bertz CT molecular complexity index is 1520. The van der Waals surface area contributed by atoms with Crippen LogP contribution >= 0.6 is 0 Å². The van der Waals surface area contributed by atoms with E-state index in [4.69, 9.17) is 33.2 Å². The molecule has 0 atom stereocenters. The lowest BCUT2D eigenvalue weighted by atomic mass is 9.90. The molecule has 20 heteroatoms. The molecule has 0 radical (unpaired) electrons. The molecule has 0 spiro atoms. The molecule has 0 aliphatic carbocycles. The van der Waals surface area contributed by atoms with Crippen LogP contribution in [0.4, 0.5) is 14.4 Å². The molecule has 63 heavy (non-hydrogen) atoms. The van der Waals surface area contributed by atoms with Gasteiger partial charge in [0, 0.05) is 62.6 Å². The number of unbranched alkanes of at least 4 members (excludes halogenated alkanes) is 6. The lowest BCUT2D eigenvalue weighted by Gasteiger charge is -2.39. The van der Waals surface area contributed by atoms with E-state index < -0.39 is 79.2 Å². The number of nitrogens with zero attached hydrogens (tertiary/aromatic N) is 2. The summed E-state index contributed by atoms with van der Waals surface area (Å²) in [4.78, 5) is 111. The second-order valence-electron chi connectivity index (χ2n) is 14.2. The first-order chi connectivity index (χ1) is 30.1. The molecule has 1 saturated heterocycles. The first-order valence-corrected chi connectivity index (χ1v) is 20.1. The van der Waals surface area contributed by atoms with Crippen molar-refractivity contribution < 1.29 is 76.3 Å². The highest BCUT2D eigenvalue weighted by Crippen LogP contribution is 2.23. The molecule has 0 unspecified atom stereocenters. The molecule has 0 aromatic carbocycles. The van der Waals surface area contributed by atoms with Crippen LogP contribution in [0.3, 0.4) is 0 Å². The molecule has 1 aliphatic heterocycles. The number of hydrogen-bond donors (Lipinski definition) is 2. The average molecular weight is 889 g/mol. The first kappa shape index (κ1) is 54.4. The molecule has 1 fully saturated rings. The Hall–Kier alpha value is -6.57. The van der Waals surface area contributed by atoms with Gasteiger partial charge in [-0.3, -0.25) is 0 Å². The number of esters is 6. The van der Waals surface area contributed by atoms with Crippen LogP contribution in [-0.4, -0.2) is 143 Å². The molecule has 0 aromatic heterocycles. The summed E-state index contributed by atoms with van der Waals surface area (Å²) in [6.07, 6.45) is 10.1. The minimum atomic E-state index is -1.46. The largest absolute Gasteiger partial charge is 0.462 e. The van der Waals surface area contributed by atoms with E-state index in [2.05, 4.69) is 50.1 Å².